The predicted octanol–water partition coefficient (Wildman–Crippen LogP) is 4.25. The molecule has 0 aliphatic heterocycles. The van der Waals surface area contributed by atoms with Crippen LogP contribution in [0.5, 0.6) is 0 Å². The maximum atomic E-state index is 4.56. The molecule has 1 atom stereocenters. The van der Waals surface area contributed by atoms with Gasteiger partial charge in [0.1, 0.15) is 12.1 Å². The van der Waals surface area contributed by atoms with Crippen molar-refractivity contribution in [1.29, 1.82) is 0 Å². The maximum absolute atomic E-state index is 4.56. The summed E-state index contributed by atoms with van der Waals surface area (Å²) in [7, 11) is 2.13. The van der Waals surface area contributed by atoms with E-state index in [1.165, 1.54) is 30.5 Å². The fraction of sp³-hybridized carbons (Fsp3) is 0.765. The van der Waals surface area contributed by atoms with Crippen LogP contribution in [-0.2, 0) is 12.8 Å². The summed E-state index contributed by atoms with van der Waals surface area (Å²) in [5.74, 6) is 1.83. The molecule has 0 spiro atoms. The average Bonchev–Trinajstić information content (AvgIpc) is 2.45. The van der Waals surface area contributed by atoms with Crippen molar-refractivity contribution in [1.82, 2.24) is 9.97 Å². The molecule has 1 rings (SSSR count). The highest BCUT2D eigenvalue weighted by atomic mass is 15.2. The van der Waals surface area contributed by atoms with Crippen molar-refractivity contribution in [2.24, 2.45) is 5.92 Å². The molecule has 1 unspecified atom stereocenters. The second-order valence-corrected chi connectivity index (χ2v) is 5.85. The number of unbranched alkanes of at least 4 members (excludes halogenated alkanes) is 1. The highest BCUT2D eigenvalue weighted by Gasteiger charge is 2.15. The summed E-state index contributed by atoms with van der Waals surface area (Å²) in [5.41, 5.74) is 2.59. The van der Waals surface area contributed by atoms with Gasteiger partial charge in [-0.25, -0.2) is 9.97 Å². The zero-order chi connectivity index (χ0) is 15.0. The standard InChI is InChI=1S/C17H31N3/c1-6-9-10-14(4)12-16-15(8-3)17(19-13-18-16)20(5)11-7-2/h13-14H,6-12H2,1-5H3. The second-order valence-electron chi connectivity index (χ2n) is 5.85. The van der Waals surface area contributed by atoms with Gasteiger partial charge in [-0.1, -0.05) is 47.0 Å². The minimum atomic E-state index is 0.708. The van der Waals surface area contributed by atoms with Crippen molar-refractivity contribution in [2.75, 3.05) is 18.5 Å². The fourth-order valence-corrected chi connectivity index (χ4v) is 2.73. The first-order valence-electron chi connectivity index (χ1n) is 8.17. The molecule has 1 aromatic heterocycles. The van der Waals surface area contributed by atoms with Crippen molar-refractivity contribution in [3.8, 4) is 0 Å². The number of hydrogen-bond acceptors (Lipinski definition) is 3. The molecule has 1 heterocycles. The van der Waals surface area contributed by atoms with Gasteiger partial charge in [0, 0.05) is 24.8 Å². The molecule has 0 fully saturated rings. The maximum Gasteiger partial charge on any atom is 0.135 e. The van der Waals surface area contributed by atoms with Gasteiger partial charge >= 0.3 is 0 Å². The first kappa shape index (κ1) is 16.9. The lowest BCUT2D eigenvalue weighted by Crippen LogP contribution is -2.22. The molecular formula is C17H31N3. The second kappa shape index (κ2) is 8.93. The van der Waals surface area contributed by atoms with Crippen LogP contribution in [0.3, 0.4) is 0 Å². The highest BCUT2D eigenvalue weighted by molar-refractivity contribution is 5.48. The Labute approximate surface area is 124 Å². The van der Waals surface area contributed by atoms with Crippen LogP contribution in [0, 0.1) is 5.92 Å². The molecule has 114 valence electrons. The number of nitrogens with zero attached hydrogens (tertiary/aromatic N) is 3. The molecule has 0 radical (unpaired) electrons. The third kappa shape index (κ3) is 4.77. The molecule has 0 saturated heterocycles. The Bertz CT molecular complexity index is 390. The van der Waals surface area contributed by atoms with Crippen LogP contribution in [0.1, 0.15) is 64.6 Å². The monoisotopic (exact) mass is 277 g/mol. The van der Waals surface area contributed by atoms with Crippen molar-refractivity contribution < 1.29 is 0 Å². The van der Waals surface area contributed by atoms with E-state index in [0.717, 1.165) is 31.6 Å². The third-order valence-electron chi connectivity index (χ3n) is 3.88. The van der Waals surface area contributed by atoms with Crippen molar-refractivity contribution in [3.63, 3.8) is 0 Å². The fourth-order valence-electron chi connectivity index (χ4n) is 2.73. The van der Waals surface area contributed by atoms with Crippen LogP contribution < -0.4 is 4.90 Å². The van der Waals surface area contributed by atoms with E-state index in [4.69, 9.17) is 0 Å². The molecule has 0 saturated carbocycles. The third-order valence-corrected chi connectivity index (χ3v) is 3.88. The Morgan fingerprint density at radius 2 is 1.90 bits per heavy atom. The number of aromatic nitrogens is 2. The molecule has 0 N–H and O–H groups in total. The number of rotatable bonds is 9. The molecule has 0 bridgehead atoms. The van der Waals surface area contributed by atoms with Gasteiger partial charge in [-0.05, 0) is 25.2 Å². The Hall–Kier alpha value is -1.12. The van der Waals surface area contributed by atoms with Crippen LogP contribution in [0.25, 0.3) is 0 Å². The van der Waals surface area contributed by atoms with Crippen LogP contribution >= 0.6 is 0 Å². The van der Waals surface area contributed by atoms with Gasteiger partial charge < -0.3 is 4.90 Å². The van der Waals surface area contributed by atoms with Gasteiger partial charge in [0.15, 0.2) is 0 Å². The predicted molar refractivity (Wildman–Crippen MR) is 87.4 cm³/mol. The van der Waals surface area contributed by atoms with Crippen molar-refractivity contribution in [3.05, 3.63) is 17.6 Å². The average molecular weight is 277 g/mol. The van der Waals surface area contributed by atoms with Crippen LogP contribution in [0.2, 0.25) is 0 Å². The van der Waals surface area contributed by atoms with Crippen LogP contribution in [0.4, 0.5) is 5.82 Å². The lowest BCUT2D eigenvalue weighted by Gasteiger charge is -2.22. The van der Waals surface area contributed by atoms with E-state index in [1.54, 1.807) is 6.33 Å². The zero-order valence-corrected chi connectivity index (χ0v) is 13.9. The first-order chi connectivity index (χ1) is 9.63. The van der Waals surface area contributed by atoms with Crippen molar-refractivity contribution >= 4 is 5.82 Å². The van der Waals surface area contributed by atoms with Crippen LogP contribution in [0.15, 0.2) is 6.33 Å². The Morgan fingerprint density at radius 3 is 2.50 bits per heavy atom. The van der Waals surface area contributed by atoms with E-state index >= 15 is 0 Å². The number of hydrogen-bond donors (Lipinski definition) is 0. The summed E-state index contributed by atoms with van der Waals surface area (Å²) in [6, 6.07) is 0. The Balaban J connectivity index is 2.88. The summed E-state index contributed by atoms with van der Waals surface area (Å²) >= 11 is 0. The van der Waals surface area contributed by atoms with E-state index in [2.05, 4.69) is 49.6 Å². The highest BCUT2D eigenvalue weighted by Crippen LogP contribution is 2.23. The lowest BCUT2D eigenvalue weighted by molar-refractivity contribution is 0.496. The van der Waals surface area contributed by atoms with Crippen molar-refractivity contribution in [2.45, 2.75) is 66.2 Å². The van der Waals surface area contributed by atoms with E-state index in [1.807, 2.05) is 0 Å². The first-order valence-corrected chi connectivity index (χ1v) is 8.17. The number of anilines is 1. The van der Waals surface area contributed by atoms with Gasteiger partial charge in [-0.3, -0.25) is 0 Å². The van der Waals surface area contributed by atoms with E-state index in [0.29, 0.717) is 5.92 Å². The van der Waals surface area contributed by atoms with Crippen LogP contribution in [-0.4, -0.2) is 23.6 Å². The van der Waals surface area contributed by atoms with Gasteiger partial charge in [0.05, 0.1) is 0 Å². The molecule has 0 aromatic carbocycles. The molecular weight excluding hydrogens is 246 g/mol. The minimum absolute atomic E-state index is 0.708. The molecule has 1 aromatic rings. The Morgan fingerprint density at radius 1 is 1.15 bits per heavy atom. The normalized spacial score (nSPS) is 12.4. The summed E-state index contributed by atoms with van der Waals surface area (Å²) in [6.07, 6.45) is 8.87. The van der Waals surface area contributed by atoms with E-state index in [9.17, 15) is 0 Å². The summed E-state index contributed by atoms with van der Waals surface area (Å²) in [5, 5.41) is 0. The molecule has 3 nitrogen and oxygen atoms in total. The molecule has 0 amide bonds. The van der Waals surface area contributed by atoms with Gasteiger partial charge in [-0.2, -0.15) is 0 Å². The summed E-state index contributed by atoms with van der Waals surface area (Å²) in [6.45, 7) is 10.1. The summed E-state index contributed by atoms with van der Waals surface area (Å²) in [4.78, 5) is 11.3. The van der Waals surface area contributed by atoms with Gasteiger partial charge in [-0.15, -0.1) is 0 Å². The molecule has 20 heavy (non-hydrogen) atoms. The van der Waals surface area contributed by atoms with Gasteiger partial charge in [0.2, 0.25) is 0 Å². The molecule has 0 aliphatic carbocycles. The van der Waals surface area contributed by atoms with E-state index in [-0.39, 0.29) is 0 Å². The SMILES string of the molecule is CCCCC(C)Cc1ncnc(N(C)CCC)c1CC. The Kier molecular flexibility index (Phi) is 7.56. The smallest absolute Gasteiger partial charge is 0.135 e. The molecule has 0 aliphatic rings. The topological polar surface area (TPSA) is 29.0 Å². The zero-order valence-electron chi connectivity index (χ0n) is 13.9. The summed E-state index contributed by atoms with van der Waals surface area (Å²) < 4.78 is 0. The minimum Gasteiger partial charge on any atom is -0.359 e. The molecule has 3 heteroatoms. The largest absolute Gasteiger partial charge is 0.359 e. The lowest BCUT2D eigenvalue weighted by atomic mass is 9.96. The van der Waals surface area contributed by atoms with Gasteiger partial charge in [0.25, 0.3) is 0 Å². The van der Waals surface area contributed by atoms with E-state index < -0.39 is 0 Å². The quantitative estimate of drug-likeness (QED) is 0.675.